The standard InChI is InChI=1S/C16H24BrNO2/c1-16(2,18)10-11-8-12(17)9-14(19-3)15(11)20-13-6-4-5-7-13/h8-9,13H,4-7,10,18H2,1-3H3. The number of rotatable bonds is 5. The number of methoxy groups -OCH3 is 1. The second kappa shape index (κ2) is 6.35. The Morgan fingerprint density at radius 1 is 1.30 bits per heavy atom. The summed E-state index contributed by atoms with van der Waals surface area (Å²) in [6.07, 6.45) is 5.83. The molecule has 1 aromatic carbocycles. The van der Waals surface area contributed by atoms with Crippen molar-refractivity contribution in [2.75, 3.05) is 7.11 Å². The van der Waals surface area contributed by atoms with Crippen molar-refractivity contribution in [3.05, 3.63) is 22.2 Å². The van der Waals surface area contributed by atoms with Crippen molar-refractivity contribution in [3.8, 4) is 11.5 Å². The van der Waals surface area contributed by atoms with Gasteiger partial charge in [-0.15, -0.1) is 0 Å². The Hall–Kier alpha value is -0.740. The van der Waals surface area contributed by atoms with Gasteiger partial charge < -0.3 is 15.2 Å². The predicted molar refractivity (Wildman–Crippen MR) is 85.5 cm³/mol. The van der Waals surface area contributed by atoms with Gasteiger partial charge in [-0.05, 0) is 58.1 Å². The first-order valence-electron chi connectivity index (χ1n) is 7.21. The van der Waals surface area contributed by atoms with Crippen molar-refractivity contribution in [3.63, 3.8) is 0 Å². The van der Waals surface area contributed by atoms with Crippen LogP contribution in [0.25, 0.3) is 0 Å². The van der Waals surface area contributed by atoms with Gasteiger partial charge in [0, 0.05) is 15.6 Å². The first-order chi connectivity index (χ1) is 9.39. The van der Waals surface area contributed by atoms with Crippen molar-refractivity contribution in [1.82, 2.24) is 0 Å². The molecule has 1 fully saturated rings. The Labute approximate surface area is 130 Å². The molecule has 1 aromatic rings. The molecule has 2 rings (SSSR count). The van der Waals surface area contributed by atoms with Crippen LogP contribution in [0.1, 0.15) is 45.1 Å². The van der Waals surface area contributed by atoms with Gasteiger partial charge in [-0.1, -0.05) is 15.9 Å². The summed E-state index contributed by atoms with van der Waals surface area (Å²) in [6, 6.07) is 4.04. The highest BCUT2D eigenvalue weighted by molar-refractivity contribution is 9.10. The third-order valence-corrected chi connectivity index (χ3v) is 4.01. The summed E-state index contributed by atoms with van der Waals surface area (Å²) >= 11 is 3.53. The van der Waals surface area contributed by atoms with Gasteiger partial charge in [-0.25, -0.2) is 0 Å². The van der Waals surface area contributed by atoms with E-state index < -0.39 is 0 Å². The third-order valence-electron chi connectivity index (χ3n) is 3.55. The van der Waals surface area contributed by atoms with Crippen molar-refractivity contribution < 1.29 is 9.47 Å². The van der Waals surface area contributed by atoms with Crippen LogP contribution in [-0.2, 0) is 6.42 Å². The molecule has 4 heteroatoms. The molecule has 20 heavy (non-hydrogen) atoms. The maximum Gasteiger partial charge on any atom is 0.164 e. The van der Waals surface area contributed by atoms with Crippen molar-refractivity contribution in [2.45, 2.75) is 57.6 Å². The fourth-order valence-corrected chi connectivity index (χ4v) is 3.19. The molecule has 0 unspecified atom stereocenters. The normalized spacial score (nSPS) is 16.4. The molecule has 0 atom stereocenters. The predicted octanol–water partition coefficient (Wildman–Crippen LogP) is 4.06. The lowest BCUT2D eigenvalue weighted by atomic mass is 9.95. The number of hydrogen-bond donors (Lipinski definition) is 1. The van der Waals surface area contributed by atoms with E-state index in [1.54, 1.807) is 7.11 Å². The lowest BCUT2D eigenvalue weighted by Crippen LogP contribution is -2.34. The van der Waals surface area contributed by atoms with Crippen LogP contribution in [0.2, 0.25) is 0 Å². The largest absolute Gasteiger partial charge is 0.493 e. The first kappa shape index (κ1) is 15.6. The second-order valence-electron chi connectivity index (χ2n) is 6.29. The maximum atomic E-state index is 6.23. The quantitative estimate of drug-likeness (QED) is 0.878. The van der Waals surface area contributed by atoms with Gasteiger partial charge in [-0.2, -0.15) is 0 Å². The Balaban J connectivity index is 2.33. The van der Waals surface area contributed by atoms with E-state index in [2.05, 4.69) is 22.0 Å². The molecular formula is C16H24BrNO2. The van der Waals surface area contributed by atoms with Crippen LogP contribution in [0.3, 0.4) is 0 Å². The summed E-state index contributed by atoms with van der Waals surface area (Å²) in [4.78, 5) is 0. The number of hydrogen-bond acceptors (Lipinski definition) is 3. The molecule has 1 aliphatic carbocycles. The number of benzene rings is 1. The molecule has 0 aliphatic heterocycles. The van der Waals surface area contributed by atoms with E-state index >= 15 is 0 Å². The van der Waals surface area contributed by atoms with Gasteiger partial charge in [0.1, 0.15) is 0 Å². The lowest BCUT2D eigenvalue weighted by molar-refractivity contribution is 0.197. The van der Waals surface area contributed by atoms with Crippen LogP contribution < -0.4 is 15.2 Å². The van der Waals surface area contributed by atoms with E-state index in [1.807, 2.05) is 19.9 Å². The molecule has 0 radical (unpaired) electrons. The van der Waals surface area contributed by atoms with Gasteiger partial charge >= 0.3 is 0 Å². The summed E-state index contributed by atoms with van der Waals surface area (Å²) < 4.78 is 12.7. The molecular weight excluding hydrogens is 318 g/mol. The summed E-state index contributed by atoms with van der Waals surface area (Å²) in [5.74, 6) is 1.65. The van der Waals surface area contributed by atoms with E-state index in [-0.39, 0.29) is 5.54 Å². The van der Waals surface area contributed by atoms with Crippen LogP contribution >= 0.6 is 15.9 Å². The molecule has 2 N–H and O–H groups in total. The molecule has 1 saturated carbocycles. The highest BCUT2D eigenvalue weighted by atomic mass is 79.9. The Morgan fingerprint density at radius 2 is 1.95 bits per heavy atom. The Bertz CT molecular complexity index is 462. The van der Waals surface area contributed by atoms with E-state index in [1.165, 1.54) is 12.8 Å². The molecule has 0 aromatic heterocycles. The maximum absolute atomic E-state index is 6.23. The van der Waals surface area contributed by atoms with Crippen molar-refractivity contribution in [1.29, 1.82) is 0 Å². The molecule has 0 heterocycles. The fourth-order valence-electron chi connectivity index (χ4n) is 2.70. The zero-order valence-electron chi connectivity index (χ0n) is 12.5. The van der Waals surface area contributed by atoms with E-state index in [0.29, 0.717) is 6.10 Å². The zero-order valence-corrected chi connectivity index (χ0v) is 14.1. The smallest absolute Gasteiger partial charge is 0.164 e. The summed E-state index contributed by atoms with van der Waals surface area (Å²) in [7, 11) is 1.68. The van der Waals surface area contributed by atoms with E-state index in [4.69, 9.17) is 15.2 Å². The average molecular weight is 342 g/mol. The fraction of sp³-hybridized carbons (Fsp3) is 0.625. The Morgan fingerprint density at radius 3 is 2.50 bits per heavy atom. The first-order valence-corrected chi connectivity index (χ1v) is 8.00. The minimum absolute atomic E-state index is 0.278. The van der Waals surface area contributed by atoms with Crippen molar-refractivity contribution in [2.24, 2.45) is 5.73 Å². The highest BCUT2D eigenvalue weighted by Crippen LogP contribution is 2.38. The van der Waals surface area contributed by atoms with Gasteiger partial charge in [0.05, 0.1) is 13.2 Å². The lowest BCUT2D eigenvalue weighted by Gasteiger charge is -2.24. The van der Waals surface area contributed by atoms with Gasteiger partial charge in [-0.3, -0.25) is 0 Å². The summed E-state index contributed by atoms with van der Waals surface area (Å²) in [5.41, 5.74) is 7.00. The van der Waals surface area contributed by atoms with Crippen LogP contribution in [0, 0.1) is 0 Å². The van der Waals surface area contributed by atoms with Crippen molar-refractivity contribution >= 4 is 15.9 Å². The number of halogens is 1. The number of nitrogens with two attached hydrogens (primary N) is 1. The van der Waals surface area contributed by atoms with Gasteiger partial charge in [0.2, 0.25) is 0 Å². The van der Waals surface area contributed by atoms with Gasteiger partial charge in [0.15, 0.2) is 11.5 Å². The Kier molecular flexibility index (Phi) is 4.97. The minimum Gasteiger partial charge on any atom is -0.493 e. The third kappa shape index (κ3) is 4.13. The minimum atomic E-state index is -0.278. The number of ether oxygens (including phenoxy) is 2. The molecule has 3 nitrogen and oxygen atoms in total. The van der Waals surface area contributed by atoms with Crippen LogP contribution in [0.4, 0.5) is 0 Å². The second-order valence-corrected chi connectivity index (χ2v) is 7.20. The van der Waals surface area contributed by atoms with E-state index in [0.717, 1.165) is 40.8 Å². The van der Waals surface area contributed by atoms with Crippen LogP contribution in [0.15, 0.2) is 16.6 Å². The SMILES string of the molecule is COc1cc(Br)cc(CC(C)(C)N)c1OC1CCCC1. The van der Waals surface area contributed by atoms with Gasteiger partial charge in [0.25, 0.3) is 0 Å². The van der Waals surface area contributed by atoms with Crippen LogP contribution in [0.5, 0.6) is 11.5 Å². The molecule has 0 saturated heterocycles. The summed E-state index contributed by atoms with van der Waals surface area (Å²) in [6.45, 7) is 4.06. The van der Waals surface area contributed by atoms with Crippen LogP contribution in [-0.4, -0.2) is 18.8 Å². The topological polar surface area (TPSA) is 44.5 Å². The summed E-state index contributed by atoms with van der Waals surface area (Å²) in [5, 5.41) is 0. The average Bonchev–Trinajstić information content (AvgIpc) is 2.83. The molecule has 0 bridgehead atoms. The molecule has 0 spiro atoms. The zero-order chi connectivity index (χ0) is 14.8. The highest BCUT2D eigenvalue weighted by Gasteiger charge is 2.23. The molecule has 0 amide bonds. The van der Waals surface area contributed by atoms with E-state index in [9.17, 15) is 0 Å². The molecule has 1 aliphatic rings. The molecule has 112 valence electrons. The monoisotopic (exact) mass is 341 g/mol.